The molecular formula is C58H36CaN2S4. The average molecular weight is 929 g/mol. The van der Waals surface area contributed by atoms with Crippen molar-refractivity contribution < 1.29 is 0 Å². The number of thiocarbonyl (C=S) groups is 2. The van der Waals surface area contributed by atoms with Gasteiger partial charge in [-0.15, -0.1) is 0 Å². The Balaban J connectivity index is 0.000000151. The van der Waals surface area contributed by atoms with E-state index in [1.807, 2.05) is 9.80 Å². The van der Waals surface area contributed by atoms with Crippen LogP contribution in [0, 0.1) is 0 Å². The number of hydrogen-bond donors (Lipinski definition) is 0. The molecule has 0 radical (unpaired) electrons. The van der Waals surface area contributed by atoms with Gasteiger partial charge in [-0.3, -0.25) is 0 Å². The molecular weight excluding hydrogens is 893 g/mol. The Kier molecular flexibility index (Phi) is 12.1. The molecule has 0 aliphatic carbocycles. The van der Waals surface area contributed by atoms with E-state index in [1.54, 1.807) is 0 Å². The zero-order valence-electron chi connectivity index (χ0n) is 35.0. The third-order valence-electron chi connectivity index (χ3n) is 12.4. The van der Waals surface area contributed by atoms with Crippen LogP contribution in [-0.4, -0.2) is 46.4 Å². The van der Waals surface area contributed by atoms with Crippen LogP contribution >= 0.6 is 24.4 Å². The maximum absolute atomic E-state index is 5.64. The van der Waals surface area contributed by atoms with Gasteiger partial charge in [0.05, 0.1) is 22.7 Å². The van der Waals surface area contributed by atoms with E-state index in [9.17, 15) is 0 Å². The second kappa shape index (κ2) is 18.2. The topological polar surface area (TPSA) is 6.48 Å². The Bertz CT molecular complexity index is 3360. The van der Waals surface area contributed by atoms with Crippen LogP contribution in [0.15, 0.2) is 218 Å². The van der Waals surface area contributed by atoms with Gasteiger partial charge >= 0.3 is 37.7 Å². The van der Waals surface area contributed by atoms with Gasteiger partial charge in [0.1, 0.15) is 0 Å². The summed E-state index contributed by atoms with van der Waals surface area (Å²) in [6.07, 6.45) is 0. The Morgan fingerprint density at radius 1 is 0.246 bits per heavy atom. The van der Waals surface area contributed by atoms with Crippen molar-refractivity contribution in [3.8, 4) is 0 Å². The molecule has 7 heteroatoms. The number of rotatable bonds is 4. The minimum absolute atomic E-state index is 0. The van der Waals surface area contributed by atoms with E-state index < -0.39 is 0 Å². The first-order chi connectivity index (χ1) is 31.4. The van der Waals surface area contributed by atoms with E-state index in [0.29, 0.717) is 8.64 Å². The van der Waals surface area contributed by atoms with Crippen LogP contribution in [0.5, 0.6) is 0 Å². The normalized spacial score (nSPS) is 11.2. The molecule has 0 bridgehead atoms. The summed E-state index contributed by atoms with van der Waals surface area (Å²) < 4.78 is 0.817. The molecule has 0 unspecified atom stereocenters. The summed E-state index contributed by atoms with van der Waals surface area (Å²) in [5, 5.41) is 19.1. The van der Waals surface area contributed by atoms with Crippen LogP contribution < -0.4 is 9.80 Å². The maximum Gasteiger partial charge on any atom is 2.00 e. The van der Waals surface area contributed by atoms with Gasteiger partial charge in [0.15, 0.2) is 0 Å². The zero-order valence-corrected chi connectivity index (χ0v) is 40.5. The first-order valence-electron chi connectivity index (χ1n) is 21.1. The summed E-state index contributed by atoms with van der Waals surface area (Å²) in [5.41, 5.74) is 4.03. The smallest absolute Gasteiger partial charge is 0.411 e. The van der Waals surface area contributed by atoms with Gasteiger partial charge in [-0.2, -0.15) is 0 Å². The molecule has 0 amide bonds. The predicted octanol–water partition coefficient (Wildman–Crippen LogP) is 16.2. The molecule has 0 aromatic heterocycles. The molecule has 12 aromatic rings. The van der Waals surface area contributed by atoms with Crippen LogP contribution in [0.25, 0.3) is 86.2 Å². The maximum atomic E-state index is 5.64. The number of hydrogen-bond acceptors (Lipinski definition) is 4. The van der Waals surface area contributed by atoms with Crippen molar-refractivity contribution in [2.75, 3.05) is 9.80 Å². The second-order valence-corrected chi connectivity index (χ2v) is 17.9. The summed E-state index contributed by atoms with van der Waals surface area (Å²) in [4.78, 5) is 4.08. The van der Waals surface area contributed by atoms with Gasteiger partial charge in [0.25, 0.3) is 0 Å². The monoisotopic (exact) mass is 928 g/mol. The summed E-state index contributed by atoms with van der Waals surface area (Å²) in [6.45, 7) is 0. The van der Waals surface area contributed by atoms with E-state index in [1.165, 1.54) is 64.6 Å². The molecule has 2 nitrogen and oxygen atoms in total. The molecule has 0 saturated carbocycles. The Morgan fingerprint density at radius 2 is 0.462 bits per heavy atom. The summed E-state index contributed by atoms with van der Waals surface area (Å²) in [5.74, 6) is 0. The van der Waals surface area contributed by atoms with E-state index in [0.717, 1.165) is 44.3 Å². The van der Waals surface area contributed by atoms with Crippen molar-refractivity contribution >= 4 is 205 Å². The molecule has 65 heavy (non-hydrogen) atoms. The Hall–Kier alpha value is -5.80. The standard InChI is InChI=1S/2C29H19NS2.Ca/c2*31-29(32)30(27-13-5-11-23-21-9-3-1-7-19(21)15-17-25(23)27)28-14-6-12-24-22-10-4-2-8-20(22)16-18-26(24)28;/h2*1-18H,(H,31,32);/q;;+2/p-2. The SMILES string of the molecule is S=C([S-])N(c1cccc2c1ccc1ccccc12)c1cccc2c1ccc1ccccc12.S=C([S-])N(c1cccc2c1ccc1ccccc12)c1cccc2c1ccc1ccccc12.[Ca+2]. The van der Waals surface area contributed by atoms with Crippen molar-refractivity contribution in [1.29, 1.82) is 0 Å². The quantitative estimate of drug-likeness (QED) is 0.0745. The van der Waals surface area contributed by atoms with E-state index in [2.05, 4.69) is 218 Å². The van der Waals surface area contributed by atoms with Crippen LogP contribution in [0.4, 0.5) is 22.7 Å². The van der Waals surface area contributed by atoms with Gasteiger partial charge < -0.3 is 59.5 Å². The zero-order chi connectivity index (χ0) is 43.3. The first-order valence-corrected chi connectivity index (χ1v) is 22.7. The fraction of sp³-hybridized carbons (Fsp3) is 0. The minimum Gasteiger partial charge on any atom is -0.411 e. The molecule has 0 aliphatic heterocycles. The van der Waals surface area contributed by atoms with Gasteiger partial charge in [0.2, 0.25) is 0 Å². The largest absolute Gasteiger partial charge is 2.00 e. The summed E-state index contributed by atoms with van der Waals surface area (Å²) in [7, 11) is 0. The second-order valence-electron chi connectivity index (χ2n) is 15.8. The molecule has 12 rings (SSSR count). The molecule has 0 N–H and O–H groups in total. The van der Waals surface area contributed by atoms with Gasteiger partial charge in [-0.25, -0.2) is 0 Å². The van der Waals surface area contributed by atoms with E-state index >= 15 is 0 Å². The molecule has 0 spiro atoms. The Morgan fingerprint density at radius 3 is 0.692 bits per heavy atom. The van der Waals surface area contributed by atoms with Crippen molar-refractivity contribution in [1.82, 2.24) is 0 Å². The number of nitrogens with zero attached hydrogens (tertiary/aromatic N) is 2. The molecule has 304 valence electrons. The molecule has 0 saturated heterocycles. The number of anilines is 4. The third-order valence-corrected chi connectivity index (χ3v) is 13.1. The molecule has 0 heterocycles. The van der Waals surface area contributed by atoms with Gasteiger partial charge in [-0.1, -0.05) is 203 Å². The average Bonchev–Trinajstić information content (AvgIpc) is 3.34. The summed E-state index contributed by atoms with van der Waals surface area (Å²) in [6, 6.07) is 76.7. The molecule has 0 fully saturated rings. The van der Waals surface area contributed by atoms with Crippen LogP contribution in [0.3, 0.4) is 0 Å². The van der Waals surface area contributed by atoms with Crippen LogP contribution in [0.1, 0.15) is 0 Å². The fourth-order valence-electron chi connectivity index (χ4n) is 9.53. The molecule has 12 aromatic carbocycles. The van der Waals surface area contributed by atoms with E-state index in [-0.39, 0.29) is 37.7 Å². The van der Waals surface area contributed by atoms with Crippen molar-refractivity contribution in [2.45, 2.75) is 0 Å². The molecule has 0 atom stereocenters. The minimum atomic E-state index is 0. The third kappa shape index (κ3) is 7.73. The van der Waals surface area contributed by atoms with Crippen molar-refractivity contribution in [3.63, 3.8) is 0 Å². The van der Waals surface area contributed by atoms with Gasteiger partial charge in [-0.05, 0) is 88.9 Å². The van der Waals surface area contributed by atoms with Gasteiger partial charge in [0, 0.05) is 21.5 Å². The first kappa shape index (κ1) is 43.1. The van der Waals surface area contributed by atoms with Crippen LogP contribution in [-0.2, 0) is 25.3 Å². The predicted molar refractivity (Wildman–Crippen MR) is 296 cm³/mol. The number of benzene rings is 12. The van der Waals surface area contributed by atoms with E-state index in [4.69, 9.17) is 49.7 Å². The number of fused-ring (bicyclic) bond motifs is 12. The summed E-state index contributed by atoms with van der Waals surface area (Å²) >= 11 is 22.6. The Labute approximate surface area is 428 Å². The fourth-order valence-corrected chi connectivity index (χ4v) is 10.3. The van der Waals surface area contributed by atoms with Crippen LogP contribution in [0.2, 0.25) is 0 Å². The molecule has 0 aliphatic rings. The van der Waals surface area contributed by atoms with Crippen molar-refractivity contribution in [3.05, 3.63) is 218 Å². The van der Waals surface area contributed by atoms with Crippen molar-refractivity contribution in [2.24, 2.45) is 0 Å².